The van der Waals surface area contributed by atoms with E-state index in [9.17, 15) is 4.79 Å². The zero-order valence-electron chi connectivity index (χ0n) is 9.47. The molecule has 0 saturated carbocycles. The van der Waals surface area contributed by atoms with E-state index in [1.165, 1.54) is 0 Å². The van der Waals surface area contributed by atoms with Gasteiger partial charge in [-0.2, -0.15) is 0 Å². The van der Waals surface area contributed by atoms with Crippen molar-refractivity contribution < 1.29 is 4.79 Å². The van der Waals surface area contributed by atoms with Gasteiger partial charge in [0.2, 0.25) is 0 Å². The molecule has 3 rings (SSSR count). The Labute approximate surface area is 100 Å². The van der Waals surface area contributed by atoms with Gasteiger partial charge < -0.3 is 4.90 Å². The van der Waals surface area contributed by atoms with E-state index in [0.29, 0.717) is 0 Å². The number of amides is 1. The molecule has 84 valence electrons. The molecule has 2 aromatic carbocycles. The summed E-state index contributed by atoms with van der Waals surface area (Å²) in [6, 6.07) is 13.9. The highest BCUT2D eigenvalue weighted by Crippen LogP contribution is 2.20. The van der Waals surface area contributed by atoms with Crippen molar-refractivity contribution in [2.24, 2.45) is 0 Å². The van der Waals surface area contributed by atoms with Crippen LogP contribution in [0.15, 0.2) is 54.6 Å². The van der Waals surface area contributed by atoms with E-state index >= 15 is 0 Å². The summed E-state index contributed by atoms with van der Waals surface area (Å²) >= 11 is 0. The average Bonchev–Trinajstić information content (AvgIpc) is 2.91. The Kier molecular flexibility index (Phi) is 2.41. The summed E-state index contributed by atoms with van der Waals surface area (Å²) in [7, 11) is 0. The Bertz CT molecular complexity index is 587. The van der Waals surface area contributed by atoms with E-state index < -0.39 is 0 Å². The van der Waals surface area contributed by atoms with Crippen LogP contribution in [0.25, 0.3) is 10.8 Å². The number of hydrogen-bond donors (Lipinski definition) is 0. The molecule has 0 radical (unpaired) electrons. The predicted molar refractivity (Wildman–Crippen MR) is 69.0 cm³/mol. The monoisotopic (exact) mass is 223 g/mol. The third-order valence-electron chi connectivity index (χ3n) is 3.13. The van der Waals surface area contributed by atoms with Crippen LogP contribution in [0.1, 0.15) is 10.4 Å². The molecule has 1 amide bonds. The maximum atomic E-state index is 12.3. The van der Waals surface area contributed by atoms with Crippen LogP contribution in [0.5, 0.6) is 0 Å². The van der Waals surface area contributed by atoms with Gasteiger partial charge >= 0.3 is 0 Å². The topological polar surface area (TPSA) is 20.3 Å². The van der Waals surface area contributed by atoms with Crippen LogP contribution in [0, 0.1) is 0 Å². The summed E-state index contributed by atoms with van der Waals surface area (Å²) in [6.45, 7) is 1.45. The van der Waals surface area contributed by atoms with E-state index in [2.05, 4.69) is 0 Å². The Morgan fingerprint density at radius 1 is 0.941 bits per heavy atom. The van der Waals surface area contributed by atoms with E-state index in [1.54, 1.807) is 0 Å². The van der Waals surface area contributed by atoms with Crippen molar-refractivity contribution >= 4 is 16.7 Å². The molecule has 1 heterocycles. The van der Waals surface area contributed by atoms with Crippen molar-refractivity contribution in [1.82, 2.24) is 4.90 Å². The molecule has 0 unspecified atom stereocenters. The molecule has 17 heavy (non-hydrogen) atoms. The first-order valence-corrected chi connectivity index (χ1v) is 5.78. The summed E-state index contributed by atoms with van der Waals surface area (Å²) < 4.78 is 0. The fraction of sp³-hybridized carbons (Fsp3) is 0.133. The third kappa shape index (κ3) is 1.72. The Morgan fingerprint density at radius 3 is 2.47 bits per heavy atom. The molecular formula is C15H13NO. The summed E-state index contributed by atoms with van der Waals surface area (Å²) in [5.41, 5.74) is 0.798. The predicted octanol–water partition coefficient (Wildman–Crippen LogP) is 2.85. The minimum Gasteiger partial charge on any atom is -0.331 e. The Balaban J connectivity index is 2.07. The van der Waals surface area contributed by atoms with Crippen LogP contribution in [0.3, 0.4) is 0 Å². The molecule has 0 atom stereocenters. The lowest BCUT2D eigenvalue weighted by Gasteiger charge is -2.16. The van der Waals surface area contributed by atoms with Gasteiger partial charge in [0, 0.05) is 18.7 Å². The standard InChI is InChI=1S/C15H13NO/c17-15(16-10-3-4-11-16)14-9-5-7-12-6-1-2-8-13(12)14/h1-9H,10-11H2. The van der Waals surface area contributed by atoms with Gasteiger partial charge in [-0.05, 0) is 16.8 Å². The quantitative estimate of drug-likeness (QED) is 0.681. The minimum atomic E-state index is 0.117. The lowest BCUT2D eigenvalue weighted by Crippen LogP contribution is -2.28. The number of benzene rings is 2. The highest BCUT2D eigenvalue weighted by atomic mass is 16.2. The molecule has 0 fully saturated rings. The van der Waals surface area contributed by atoms with Crippen molar-refractivity contribution in [3.63, 3.8) is 0 Å². The molecule has 0 aliphatic carbocycles. The highest BCUT2D eigenvalue weighted by molar-refractivity contribution is 6.07. The fourth-order valence-corrected chi connectivity index (χ4v) is 2.23. The first kappa shape index (κ1) is 10.1. The maximum Gasteiger partial charge on any atom is 0.255 e. The molecule has 2 aromatic rings. The second kappa shape index (κ2) is 4.06. The van der Waals surface area contributed by atoms with Crippen molar-refractivity contribution in [3.8, 4) is 0 Å². The molecule has 2 nitrogen and oxygen atoms in total. The van der Waals surface area contributed by atoms with Gasteiger partial charge in [-0.15, -0.1) is 0 Å². The molecule has 0 spiro atoms. The minimum absolute atomic E-state index is 0.117. The smallest absolute Gasteiger partial charge is 0.255 e. The molecule has 0 saturated heterocycles. The zero-order chi connectivity index (χ0) is 11.7. The van der Waals surface area contributed by atoms with Crippen LogP contribution in [0.4, 0.5) is 0 Å². The van der Waals surface area contributed by atoms with Gasteiger partial charge in [0.25, 0.3) is 5.91 Å². The van der Waals surface area contributed by atoms with Gasteiger partial charge in [0.1, 0.15) is 0 Å². The molecule has 1 aliphatic rings. The van der Waals surface area contributed by atoms with Gasteiger partial charge in [-0.3, -0.25) is 4.79 Å². The van der Waals surface area contributed by atoms with E-state index in [1.807, 2.05) is 59.5 Å². The Hall–Kier alpha value is -2.09. The third-order valence-corrected chi connectivity index (χ3v) is 3.13. The fourth-order valence-electron chi connectivity index (χ4n) is 2.23. The first-order valence-electron chi connectivity index (χ1n) is 5.78. The van der Waals surface area contributed by atoms with Gasteiger partial charge in [-0.25, -0.2) is 0 Å². The van der Waals surface area contributed by atoms with Gasteiger partial charge in [-0.1, -0.05) is 48.6 Å². The number of carbonyl (C=O) groups excluding carboxylic acids is 1. The largest absolute Gasteiger partial charge is 0.331 e. The van der Waals surface area contributed by atoms with E-state index in [4.69, 9.17) is 0 Å². The van der Waals surface area contributed by atoms with E-state index in [0.717, 1.165) is 29.4 Å². The van der Waals surface area contributed by atoms with Crippen molar-refractivity contribution in [1.29, 1.82) is 0 Å². The van der Waals surface area contributed by atoms with Crippen LogP contribution in [0.2, 0.25) is 0 Å². The first-order chi connectivity index (χ1) is 8.36. The molecule has 0 N–H and O–H groups in total. The number of fused-ring (bicyclic) bond motifs is 1. The maximum absolute atomic E-state index is 12.3. The van der Waals surface area contributed by atoms with E-state index in [-0.39, 0.29) is 5.91 Å². The van der Waals surface area contributed by atoms with Gasteiger partial charge in [0.15, 0.2) is 0 Å². The van der Waals surface area contributed by atoms with Crippen LogP contribution in [-0.4, -0.2) is 23.9 Å². The normalized spacial score (nSPS) is 14.5. The summed E-state index contributed by atoms with van der Waals surface area (Å²) in [6.07, 6.45) is 4.06. The van der Waals surface area contributed by atoms with Crippen LogP contribution in [-0.2, 0) is 0 Å². The second-order valence-electron chi connectivity index (χ2n) is 4.21. The second-order valence-corrected chi connectivity index (χ2v) is 4.21. The lowest BCUT2D eigenvalue weighted by molar-refractivity contribution is 0.0802. The number of hydrogen-bond acceptors (Lipinski definition) is 1. The zero-order valence-corrected chi connectivity index (χ0v) is 9.47. The van der Waals surface area contributed by atoms with Crippen molar-refractivity contribution in [2.75, 3.05) is 13.1 Å². The van der Waals surface area contributed by atoms with Crippen molar-refractivity contribution in [2.45, 2.75) is 0 Å². The SMILES string of the molecule is O=C(c1cccc2ccccc12)N1CC=CC1. The number of carbonyl (C=O) groups is 1. The lowest BCUT2D eigenvalue weighted by atomic mass is 10.0. The molecule has 2 heteroatoms. The number of rotatable bonds is 1. The Morgan fingerprint density at radius 2 is 1.65 bits per heavy atom. The van der Waals surface area contributed by atoms with Gasteiger partial charge in [0.05, 0.1) is 0 Å². The highest BCUT2D eigenvalue weighted by Gasteiger charge is 2.17. The van der Waals surface area contributed by atoms with Crippen LogP contribution < -0.4 is 0 Å². The molecule has 0 aromatic heterocycles. The van der Waals surface area contributed by atoms with Crippen LogP contribution >= 0.6 is 0 Å². The molecule has 0 bridgehead atoms. The summed E-state index contributed by atoms with van der Waals surface area (Å²) in [5.74, 6) is 0.117. The summed E-state index contributed by atoms with van der Waals surface area (Å²) in [5, 5.41) is 2.15. The molecular weight excluding hydrogens is 210 g/mol. The average molecular weight is 223 g/mol. The van der Waals surface area contributed by atoms with Crippen molar-refractivity contribution in [3.05, 3.63) is 60.2 Å². The summed E-state index contributed by atoms with van der Waals surface area (Å²) in [4.78, 5) is 14.2. The number of nitrogens with zero attached hydrogens (tertiary/aromatic N) is 1. The molecule has 1 aliphatic heterocycles.